The van der Waals surface area contributed by atoms with Gasteiger partial charge >= 0.3 is 0 Å². The van der Waals surface area contributed by atoms with Crippen molar-refractivity contribution in [1.29, 1.82) is 0 Å². The predicted octanol–water partition coefficient (Wildman–Crippen LogP) is 3.82. The van der Waals surface area contributed by atoms with Crippen molar-refractivity contribution in [3.05, 3.63) is 77.1 Å². The standard InChI is InChI=1S/C20H23N3O/c1-3-24-20-12-10-18(16(2)13-20)9-11-19-15-23(22-21-19)14-17-7-5-4-6-8-17/h4-8,10,12-13,15H,3,9,11,14H2,1-2H3. The van der Waals surface area contributed by atoms with Crippen LogP contribution in [0.1, 0.15) is 29.3 Å². The monoisotopic (exact) mass is 321 g/mol. The highest BCUT2D eigenvalue weighted by molar-refractivity contribution is 5.35. The Balaban J connectivity index is 1.59. The summed E-state index contributed by atoms with van der Waals surface area (Å²) in [5.41, 5.74) is 4.85. The molecule has 0 atom stereocenters. The average Bonchev–Trinajstić information content (AvgIpc) is 3.03. The summed E-state index contributed by atoms with van der Waals surface area (Å²) in [4.78, 5) is 0. The molecular formula is C20H23N3O. The van der Waals surface area contributed by atoms with Gasteiger partial charge in [-0.1, -0.05) is 41.6 Å². The van der Waals surface area contributed by atoms with Crippen LogP contribution in [0.2, 0.25) is 0 Å². The van der Waals surface area contributed by atoms with Crippen LogP contribution < -0.4 is 4.74 Å². The maximum atomic E-state index is 5.54. The second kappa shape index (κ2) is 7.77. The summed E-state index contributed by atoms with van der Waals surface area (Å²) in [6, 6.07) is 16.6. The zero-order chi connectivity index (χ0) is 16.8. The third kappa shape index (κ3) is 4.22. The summed E-state index contributed by atoms with van der Waals surface area (Å²) in [6.07, 6.45) is 3.89. The molecule has 0 N–H and O–H groups in total. The molecule has 124 valence electrons. The SMILES string of the molecule is CCOc1ccc(CCc2cn(Cc3ccccc3)nn2)c(C)c1. The molecule has 0 radical (unpaired) electrons. The van der Waals surface area contributed by atoms with E-state index >= 15 is 0 Å². The minimum Gasteiger partial charge on any atom is -0.494 e. The molecule has 3 aromatic rings. The second-order valence-corrected chi connectivity index (χ2v) is 5.91. The van der Waals surface area contributed by atoms with Crippen molar-refractivity contribution in [3.8, 4) is 5.75 Å². The van der Waals surface area contributed by atoms with Crippen LogP contribution in [0.4, 0.5) is 0 Å². The van der Waals surface area contributed by atoms with Gasteiger partial charge in [0.1, 0.15) is 5.75 Å². The van der Waals surface area contributed by atoms with Gasteiger partial charge in [0.15, 0.2) is 0 Å². The summed E-state index contributed by atoms with van der Waals surface area (Å²) < 4.78 is 7.44. The predicted molar refractivity (Wildman–Crippen MR) is 95.3 cm³/mol. The Morgan fingerprint density at radius 1 is 1.04 bits per heavy atom. The molecule has 24 heavy (non-hydrogen) atoms. The molecule has 0 aliphatic carbocycles. The van der Waals surface area contributed by atoms with Crippen molar-refractivity contribution in [1.82, 2.24) is 15.0 Å². The molecule has 1 heterocycles. The zero-order valence-electron chi connectivity index (χ0n) is 14.3. The first kappa shape index (κ1) is 16.2. The van der Waals surface area contributed by atoms with Gasteiger partial charge in [0.2, 0.25) is 0 Å². The van der Waals surface area contributed by atoms with Crippen LogP contribution in [0.3, 0.4) is 0 Å². The van der Waals surface area contributed by atoms with E-state index in [-0.39, 0.29) is 0 Å². The number of hydrogen-bond donors (Lipinski definition) is 0. The normalized spacial score (nSPS) is 10.8. The van der Waals surface area contributed by atoms with E-state index < -0.39 is 0 Å². The lowest BCUT2D eigenvalue weighted by Gasteiger charge is -2.08. The third-order valence-electron chi connectivity index (χ3n) is 4.05. The summed E-state index contributed by atoms with van der Waals surface area (Å²) in [6.45, 7) is 5.59. The summed E-state index contributed by atoms with van der Waals surface area (Å²) in [5, 5.41) is 8.52. The molecule has 0 amide bonds. The van der Waals surface area contributed by atoms with Gasteiger partial charge in [-0.05, 0) is 55.5 Å². The lowest BCUT2D eigenvalue weighted by Crippen LogP contribution is -1.99. The van der Waals surface area contributed by atoms with Crippen molar-refractivity contribution >= 4 is 0 Å². The first-order chi connectivity index (χ1) is 11.7. The largest absolute Gasteiger partial charge is 0.494 e. The van der Waals surface area contributed by atoms with Gasteiger partial charge in [-0.15, -0.1) is 5.10 Å². The summed E-state index contributed by atoms with van der Waals surface area (Å²) in [7, 11) is 0. The fourth-order valence-corrected chi connectivity index (χ4v) is 2.77. The summed E-state index contributed by atoms with van der Waals surface area (Å²) >= 11 is 0. The van der Waals surface area contributed by atoms with Crippen LogP contribution in [0.15, 0.2) is 54.7 Å². The quantitative estimate of drug-likeness (QED) is 0.664. The first-order valence-corrected chi connectivity index (χ1v) is 8.40. The highest BCUT2D eigenvalue weighted by atomic mass is 16.5. The minimum absolute atomic E-state index is 0.698. The van der Waals surface area contributed by atoms with Crippen LogP contribution in [0.5, 0.6) is 5.75 Å². The third-order valence-corrected chi connectivity index (χ3v) is 4.05. The van der Waals surface area contributed by atoms with E-state index in [9.17, 15) is 0 Å². The molecule has 0 aliphatic heterocycles. The van der Waals surface area contributed by atoms with Crippen molar-refractivity contribution in [2.75, 3.05) is 6.61 Å². The number of aryl methyl sites for hydroxylation is 3. The van der Waals surface area contributed by atoms with E-state index in [0.717, 1.165) is 30.8 Å². The Hall–Kier alpha value is -2.62. The van der Waals surface area contributed by atoms with Crippen molar-refractivity contribution in [2.45, 2.75) is 33.2 Å². The maximum Gasteiger partial charge on any atom is 0.119 e. The van der Waals surface area contributed by atoms with Crippen LogP contribution in [0, 0.1) is 6.92 Å². The van der Waals surface area contributed by atoms with E-state index in [1.807, 2.05) is 42.1 Å². The van der Waals surface area contributed by atoms with E-state index in [2.05, 4.69) is 41.5 Å². The Kier molecular flexibility index (Phi) is 5.26. The number of hydrogen-bond acceptors (Lipinski definition) is 3. The molecule has 1 aromatic heterocycles. The van der Waals surface area contributed by atoms with Gasteiger partial charge in [-0.3, -0.25) is 0 Å². The Bertz CT molecular complexity index is 781. The molecular weight excluding hydrogens is 298 g/mol. The van der Waals surface area contributed by atoms with E-state index in [0.29, 0.717) is 6.61 Å². The fraction of sp³-hybridized carbons (Fsp3) is 0.300. The van der Waals surface area contributed by atoms with Gasteiger partial charge in [-0.25, -0.2) is 4.68 Å². The first-order valence-electron chi connectivity index (χ1n) is 8.40. The van der Waals surface area contributed by atoms with E-state index in [1.54, 1.807) is 0 Å². The lowest BCUT2D eigenvalue weighted by atomic mass is 10.0. The number of benzene rings is 2. The van der Waals surface area contributed by atoms with Gasteiger partial charge in [0.05, 0.1) is 18.8 Å². The smallest absolute Gasteiger partial charge is 0.119 e. The van der Waals surface area contributed by atoms with Gasteiger partial charge < -0.3 is 4.74 Å². The number of aromatic nitrogens is 3. The molecule has 0 spiro atoms. The molecule has 0 bridgehead atoms. The molecule has 2 aromatic carbocycles. The maximum absolute atomic E-state index is 5.54. The van der Waals surface area contributed by atoms with Gasteiger partial charge in [0.25, 0.3) is 0 Å². The Morgan fingerprint density at radius 2 is 1.88 bits per heavy atom. The number of rotatable bonds is 7. The molecule has 0 aliphatic rings. The molecule has 3 rings (SSSR count). The van der Waals surface area contributed by atoms with E-state index in [4.69, 9.17) is 4.74 Å². The highest BCUT2D eigenvalue weighted by Crippen LogP contribution is 2.18. The van der Waals surface area contributed by atoms with Crippen molar-refractivity contribution < 1.29 is 4.74 Å². The van der Waals surface area contributed by atoms with Crippen LogP contribution in [-0.4, -0.2) is 21.6 Å². The Labute approximate surface area is 143 Å². The topological polar surface area (TPSA) is 39.9 Å². The van der Waals surface area contributed by atoms with Crippen LogP contribution in [-0.2, 0) is 19.4 Å². The molecule has 0 unspecified atom stereocenters. The number of ether oxygens (including phenoxy) is 1. The summed E-state index contributed by atoms with van der Waals surface area (Å²) in [5.74, 6) is 0.938. The molecule has 0 saturated heterocycles. The molecule has 0 fully saturated rings. The average molecular weight is 321 g/mol. The van der Waals surface area contributed by atoms with E-state index in [1.165, 1.54) is 16.7 Å². The molecule has 0 saturated carbocycles. The minimum atomic E-state index is 0.698. The molecule has 4 heteroatoms. The van der Waals surface area contributed by atoms with Crippen LogP contribution >= 0.6 is 0 Å². The van der Waals surface area contributed by atoms with Gasteiger partial charge in [-0.2, -0.15) is 0 Å². The lowest BCUT2D eigenvalue weighted by molar-refractivity contribution is 0.340. The highest BCUT2D eigenvalue weighted by Gasteiger charge is 2.05. The molecule has 4 nitrogen and oxygen atoms in total. The van der Waals surface area contributed by atoms with Crippen LogP contribution in [0.25, 0.3) is 0 Å². The van der Waals surface area contributed by atoms with Gasteiger partial charge in [0, 0.05) is 6.20 Å². The number of nitrogens with zero attached hydrogens (tertiary/aromatic N) is 3. The zero-order valence-corrected chi connectivity index (χ0v) is 14.3. The van der Waals surface area contributed by atoms with Crippen molar-refractivity contribution in [3.63, 3.8) is 0 Å². The second-order valence-electron chi connectivity index (χ2n) is 5.91. The van der Waals surface area contributed by atoms with Crippen molar-refractivity contribution in [2.24, 2.45) is 0 Å². The Morgan fingerprint density at radius 3 is 2.62 bits per heavy atom. The fourth-order valence-electron chi connectivity index (χ4n) is 2.77.